The van der Waals surface area contributed by atoms with Crippen molar-refractivity contribution in [1.29, 1.82) is 0 Å². The Hall–Kier alpha value is -2.85. The standard InChI is InChI=1S/C17H13F3N2O4S/c18-17(19,20)26-13-6-1-2-8-15(13)27(23,24)22-11-12-5-3-9-21-16(12)14-7-4-10-25-14/h1-10,22H,11H2. The summed E-state index contributed by atoms with van der Waals surface area (Å²) in [5, 5.41) is 0. The van der Waals surface area contributed by atoms with E-state index < -0.39 is 27.0 Å². The van der Waals surface area contributed by atoms with Crippen LogP contribution in [0, 0.1) is 0 Å². The topological polar surface area (TPSA) is 81.4 Å². The van der Waals surface area contributed by atoms with Gasteiger partial charge < -0.3 is 9.15 Å². The van der Waals surface area contributed by atoms with Gasteiger partial charge in [0, 0.05) is 12.7 Å². The third kappa shape index (κ3) is 4.66. The van der Waals surface area contributed by atoms with Crippen LogP contribution in [0.5, 0.6) is 5.75 Å². The van der Waals surface area contributed by atoms with Gasteiger partial charge in [0.25, 0.3) is 0 Å². The van der Waals surface area contributed by atoms with Gasteiger partial charge in [-0.1, -0.05) is 18.2 Å². The van der Waals surface area contributed by atoms with E-state index in [9.17, 15) is 21.6 Å². The minimum absolute atomic E-state index is 0.202. The van der Waals surface area contributed by atoms with Crippen molar-refractivity contribution < 1.29 is 30.7 Å². The first-order valence-electron chi connectivity index (χ1n) is 7.58. The number of hydrogen-bond donors (Lipinski definition) is 1. The molecule has 10 heteroatoms. The number of halogens is 3. The normalized spacial score (nSPS) is 12.1. The summed E-state index contributed by atoms with van der Waals surface area (Å²) in [5.41, 5.74) is 0.912. The first-order chi connectivity index (χ1) is 12.8. The van der Waals surface area contributed by atoms with E-state index in [1.54, 1.807) is 24.3 Å². The lowest BCUT2D eigenvalue weighted by molar-refractivity contribution is -0.275. The molecule has 0 aliphatic rings. The van der Waals surface area contributed by atoms with Crippen LogP contribution >= 0.6 is 0 Å². The molecule has 0 radical (unpaired) electrons. The van der Waals surface area contributed by atoms with Gasteiger partial charge in [-0.15, -0.1) is 13.2 Å². The molecular weight excluding hydrogens is 385 g/mol. The second-order valence-corrected chi connectivity index (χ2v) is 7.04. The molecule has 1 N–H and O–H groups in total. The van der Waals surface area contributed by atoms with Crippen LogP contribution in [-0.2, 0) is 16.6 Å². The number of ether oxygens (including phenoxy) is 1. The highest BCUT2D eigenvalue weighted by Gasteiger charge is 2.34. The fraction of sp³-hybridized carbons (Fsp3) is 0.118. The average molecular weight is 398 g/mol. The van der Waals surface area contributed by atoms with E-state index in [0.29, 0.717) is 17.0 Å². The van der Waals surface area contributed by atoms with Crippen LogP contribution in [0.4, 0.5) is 13.2 Å². The van der Waals surface area contributed by atoms with E-state index in [2.05, 4.69) is 14.4 Å². The fourth-order valence-corrected chi connectivity index (χ4v) is 3.48. The second kappa shape index (κ2) is 7.41. The van der Waals surface area contributed by atoms with E-state index in [4.69, 9.17) is 4.42 Å². The van der Waals surface area contributed by atoms with E-state index in [1.165, 1.54) is 24.6 Å². The van der Waals surface area contributed by atoms with Gasteiger partial charge in [0.15, 0.2) is 5.76 Å². The molecule has 0 spiro atoms. The molecule has 0 bridgehead atoms. The number of benzene rings is 1. The minimum atomic E-state index is -5.01. The summed E-state index contributed by atoms with van der Waals surface area (Å²) >= 11 is 0. The van der Waals surface area contributed by atoms with Crippen LogP contribution in [-0.4, -0.2) is 19.8 Å². The molecule has 1 aromatic carbocycles. The van der Waals surface area contributed by atoms with Gasteiger partial charge in [-0.3, -0.25) is 4.98 Å². The number of nitrogens with zero attached hydrogens (tertiary/aromatic N) is 1. The Morgan fingerprint density at radius 2 is 1.85 bits per heavy atom. The van der Waals surface area contributed by atoms with Crippen molar-refractivity contribution in [2.24, 2.45) is 0 Å². The molecule has 2 aromatic heterocycles. The lowest BCUT2D eigenvalue weighted by atomic mass is 10.1. The number of alkyl halides is 3. The molecule has 0 saturated heterocycles. The van der Waals surface area contributed by atoms with Crippen LogP contribution in [0.1, 0.15) is 5.56 Å². The summed E-state index contributed by atoms with van der Waals surface area (Å²) in [6.45, 7) is -0.202. The van der Waals surface area contributed by atoms with Crippen LogP contribution in [0.3, 0.4) is 0 Å². The van der Waals surface area contributed by atoms with Crippen molar-refractivity contribution in [1.82, 2.24) is 9.71 Å². The van der Waals surface area contributed by atoms with E-state index >= 15 is 0 Å². The Morgan fingerprint density at radius 1 is 1.07 bits per heavy atom. The van der Waals surface area contributed by atoms with E-state index in [0.717, 1.165) is 12.1 Å². The number of aromatic nitrogens is 1. The number of sulfonamides is 1. The molecule has 6 nitrogen and oxygen atoms in total. The lowest BCUT2D eigenvalue weighted by Crippen LogP contribution is -2.26. The highest BCUT2D eigenvalue weighted by Crippen LogP contribution is 2.29. The smallest absolute Gasteiger partial charge is 0.463 e. The number of rotatable bonds is 6. The third-order valence-corrected chi connectivity index (χ3v) is 4.90. The molecule has 0 unspecified atom stereocenters. The molecule has 0 atom stereocenters. The Kier molecular flexibility index (Phi) is 5.19. The summed E-state index contributed by atoms with van der Waals surface area (Å²) in [7, 11) is -4.28. The summed E-state index contributed by atoms with van der Waals surface area (Å²) in [5.74, 6) is -0.374. The van der Waals surface area contributed by atoms with Gasteiger partial charge in [-0.25, -0.2) is 13.1 Å². The monoisotopic (exact) mass is 398 g/mol. The van der Waals surface area contributed by atoms with E-state index in [-0.39, 0.29) is 6.54 Å². The maximum Gasteiger partial charge on any atom is 0.573 e. The maximum atomic E-state index is 12.5. The zero-order valence-corrected chi connectivity index (χ0v) is 14.4. The number of furan rings is 1. The van der Waals surface area contributed by atoms with Crippen LogP contribution in [0.25, 0.3) is 11.5 Å². The highest BCUT2D eigenvalue weighted by atomic mass is 32.2. The van der Waals surface area contributed by atoms with Crippen molar-refractivity contribution in [2.45, 2.75) is 17.8 Å². The zero-order chi connectivity index (χ0) is 19.5. The van der Waals surface area contributed by atoms with Crippen molar-refractivity contribution in [3.8, 4) is 17.2 Å². The van der Waals surface area contributed by atoms with Gasteiger partial charge in [-0.2, -0.15) is 0 Å². The quantitative estimate of drug-likeness (QED) is 0.685. The SMILES string of the molecule is O=S(=O)(NCc1cccnc1-c1ccco1)c1ccccc1OC(F)(F)F. The van der Waals surface area contributed by atoms with Crippen LogP contribution < -0.4 is 9.46 Å². The Morgan fingerprint density at radius 3 is 2.56 bits per heavy atom. The predicted octanol–water partition coefficient (Wildman–Crippen LogP) is 3.72. The third-order valence-electron chi connectivity index (χ3n) is 3.46. The van der Waals surface area contributed by atoms with E-state index in [1.807, 2.05) is 0 Å². The molecule has 0 amide bonds. The largest absolute Gasteiger partial charge is 0.573 e. The lowest BCUT2D eigenvalue weighted by Gasteiger charge is -2.14. The van der Waals surface area contributed by atoms with Gasteiger partial charge in [-0.05, 0) is 35.9 Å². The number of pyridine rings is 1. The van der Waals surface area contributed by atoms with Crippen molar-refractivity contribution in [2.75, 3.05) is 0 Å². The Labute approximate surface area is 152 Å². The minimum Gasteiger partial charge on any atom is -0.463 e. The fourth-order valence-electron chi connectivity index (χ4n) is 2.35. The van der Waals surface area contributed by atoms with Crippen LogP contribution in [0.15, 0.2) is 70.3 Å². The molecular formula is C17H13F3N2O4S. The molecule has 0 aliphatic heterocycles. The Bertz CT molecular complexity index is 1020. The first-order valence-corrected chi connectivity index (χ1v) is 9.07. The number of nitrogens with one attached hydrogen (secondary N) is 1. The number of hydrogen-bond acceptors (Lipinski definition) is 5. The van der Waals surface area contributed by atoms with Crippen molar-refractivity contribution in [3.63, 3.8) is 0 Å². The van der Waals surface area contributed by atoms with Crippen LogP contribution in [0.2, 0.25) is 0 Å². The summed E-state index contributed by atoms with van der Waals surface area (Å²) in [6, 6.07) is 11.1. The summed E-state index contributed by atoms with van der Waals surface area (Å²) in [4.78, 5) is 3.54. The van der Waals surface area contributed by atoms with Gasteiger partial charge in [0.2, 0.25) is 10.0 Å². The molecule has 0 saturated carbocycles. The molecule has 2 heterocycles. The summed E-state index contributed by atoms with van der Waals surface area (Å²) < 4.78 is 73.9. The molecule has 0 aliphatic carbocycles. The molecule has 142 valence electrons. The average Bonchev–Trinajstić information content (AvgIpc) is 3.14. The summed E-state index contributed by atoms with van der Waals surface area (Å²) in [6.07, 6.45) is -2.05. The van der Waals surface area contributed by atoms with Gasteiger partial charge in [0.05, 0.1) is 6.26 Å². The van der Waals surface area contributed by atoms with Crippen molar-refractivity contribution in [3.05, 3.63) is 66.6 Å². The molecule has 3 rings (SSSR count). The van der Waals surface area contributed by atoms with Crippen molar-refractivity contribution >= 4 is 10.0 Å². The second-order valence-electron chi connectivity index (χ2n) is 5.31. The molecule has 0 fully saturated rings. The number of para-hydroxylation sites is 1. The molecule has 3 aromatic rings. The Balaban J connectivity index is 1.86. The molecule has 27 heavy (non-hydrogen) atoms. The van der Waals surface area contributed by atoms with Gasteiger partial charge >= 0.3 is 6.36 Å². The highest BCUT2D eigenvalue weighted by molar-refractivity contribution is 7.89. The zero-order valence-electron chi connectivity index (χ0n) is 13.6. The predicted molar refractivity (Wildman–Crippen MR) is 89.1 cm³/mol. The first kappa shape index (κ1) is 18.9. The van der Waals surface area contributed by atoms with Gasteiger partial charge in [0.1, 0.15) is 16.3 Å². The maximum absolute atomic E-state index is 12.5.